The van der Waals surface area contributed by atoms with Gasteiger partial charge in [-0.15, -0.1) is 0 Å². The van der Waals surface area contributed by atoms with E-state index in [-0.39, 0.29) is 18.4 Å². The first kappa shape index (κ1) is 13.4. The van der Waals surface area contributed by atoms with Crippen molar-refractivity contribution in [3.8, 4) is 0 Å². The molecule has 84 valence electrons. The molecular formula is C10H22N2O2. The van der Waals surface area contributed by atoms with E-state index in [1.807, 2.05) is 13.8 Å². The van der Waals surface area contributed by atoms with Gasteiger partial charge in [-0.05, 0) is 12.8 Å². The monoisotopic (exact) mass is 202 g/mol. The molecule has 0 heterocycles. The van der Waals surface area contributed by atoms with E-state index in [0.29, 0.717) is 19.6 Å². The van der Waals surface area contributed by atoms with Crippen LogP contribution in [-0.4, -0.2) is 42.2 Å². The number of hydrogen-bond acceptors (Lipinski definition) is 3. The molecule has 3 N–H and O–H groups in total. The van der Waals surface area contributed by atoms with Gasteiger partial charge in [0, 0.05) is 19.6 Å². The molecule has 4 heteroatoms. The number of nitrogens with zero attached hydrogens (tertiary/aromatic N) is 1. The molecule has 0 aliphatic carbocycles. The Morgan fingerprint density at radius 3 is 2.43 bits per heavy atom. The third-order valence-corrected chi connectivity index (χ3v) is 2.30. The molecule has 1 atom stereocenters. The highest BCUT2D eigenvalue weighted by atomic mass is 16.3. The van der Waals surface area contributed by atoms with Crippen LogP contribution in [0.2, 0.25) is 0 Å². The highest BCUT2D eigenvalue weighted by molar-refractivity contribution is 5.79. The van der Waals surface area contributed by atoms with Gasteiger partial charge < -0.3 is 15.7 Å². The summed E-state index contributed by atoms with van der Waals surface area (Å²) in [5.41, 5.74) is 5.50. The number of aliphatic hydroxyl groups excluding tert-OH is 1. The van der Waals surface area contributed by atoms with Gasteiger partial charge in [0.1, 0.15) is 0 Å². The second-order valence-corrected chi connectivity index (χ2v) is 3.39. The normalized spacial score (nSPS) is 12.6. The van der Waals surface area contributed by atoms with Crippen molar-refractivity contribution in [3.05, 3.63) is 0 Å². The van der Waals surface area contributed by atoms with E-state index in [1.54, 1.807) is 4.90 Å². The van der Waals surface area contributed by atoms with Crippen molar-refractivity contribution >= 4 is 5.91 Å². The summed E-state index contributed by atoms with van der Waals surface area (Å²) in [4.78, 5) is 13.5. The summed E-state index contributed by atoms with van der Waals surface area (Å²) in [6.45, 7) is 5.51. The first-order valence-electron chi connectivity index (χ1n) is 5.30. The first-order valence-corrected chi connectivity index (χ1v) is 5.30. The van der Waals surface area contributed by atoms with Crippen LogP contribution >= 0.6 is 0 Å². The summed E-state index contributed by atoms with van der Waals surface area (Å²) < 4.78 is 0. The minimum atomic E-state index is -0.0897. The Morgan fingerprint density at radius 2 is 2.07 bits per heavy atom. The Balaban J connectivity index is 4.24. The first-order chi connectivity index (χ1) is 6.71. The number of rotatable bonds is 7. The maximum atomic E-state index is 11.8. The van der Waals surface area contributed by atoms with Crippen LogP contribution in [0.4, 0.5) is 0 Å². The zero-order valence-electron chi connectivity index (χ0n) is 9.20. The highest BCUT2D eigenvalue weighted by Gasteiger charge is 2.20. The summed E-state index contributed by atoms with van der Waals surface area (Å²) in [6.07, 6.45) is 1.67. The molecule has 1 amide bonds. The van der Waals surface area contributed by atoms with Gasteiger partial charge in [0.05, 0.1) is 12.5 Å². The van der Waals surface area contributed by atoms with E-state index >= 15 is 0 Å². The van der Waals surface area contributed by atoms with Crippen molar-refractivity contribution in [1.82, 2.24) is 4.90 Å². The average molecular weight is 202 g/mol. The molecule has 0 aliphatic heterocycles. The van der Waals surface area contributed by atoms with Crippen LogP contribution in [0.1, 0.15) is 26.7 Å². The smallest absolute Gasteiger partial charge is 0.227 e. The number of carbonyl (C=O) groups excluding carboxylic acids is 1. The number of nitrogens with two attached hydrogens (primary N) is 1. The molecule has 0 saturated heterocycles. The van der Waals surface area contributed by atoms with Crippen LogP contribution in [0.5, 0.6) is 0 Å². The van der Waals surface area contributed by atoms with Gasteiger partial charge in [-0.1, -0.05) is 13.8 Å². The summed E-state index contributed by atoms with van der Waals surface area (Å²) >= 11 is 0. The van der Waals surface area contributed by atoms with Crippen LogP contribution in [0, 0.1) is 5.92 Å². The van der Waals surface area contributed by atoms with E-state index in [1.165, 1.54) is 0 Å². The molecule has 0 fully saturated rings. The van der Waals surface area contributed by atoms with E-state index in [2.05, 4.69) is 0 Å². The number of carbonyl (C=O) groups is 1. The molecule has 0 spiro atoms. The Kier molecular flexibility index (Phi) is 7.42. The van der Waals surface area contributed by atoms with Crippen molar-refractivity contribution < 1.29 is 9.90 Å². The van der Waals surface area contributed by atoms with Crippen molar-refractivity contribution in [2.45, 2.75) is 26.7 Å². The summed E-state index contributed by atoms with van der Waals surface area (Å²) in [6, 6.07) is 0. The van der Waals surface area contributed by atoms with Crippen molar-refractivity contribution in [2.24, 2.45) is 11.7 Å². The molecule has 0 aliphatic rings. The second-order valence-electron chi connectivity index (χ2n) is 3.39. The maximum Gasteiger partial charge on any atom is 0.227 e. The molecule has 0 aromatic heterocycles. The summed E-state index contributed by atoms with van der Waals surface area (Å²) in [7, 11) is 0. The third-order valence-electron chi connectivity index (χ3n) is 2.30. The van der Waals surface area contributed by atoms with Gasteiger partial charge >= 0.3 is 0 Å². The number of hydrogen-bond donors (Lipinski definition) is 2. The molecule has 1 unspecified atom stereocenters. The zero-order chi connectivity index (χ0) is 11.0. The lowest BCUT2D eigenvalue weighted by molar-refractivity contribution is -0.135. The lowest BCUT2D eigenvalue weighted by Gasteiger charge is -2.25. The van der Waals surface area contributed by atoms with Crippen LogP contribution < -0.4 is 5.73 Å². The lowest BCUT2D eigenvalue weighted by atomic mass is 10.1. The quantitative estimate of drug-likeness (QED) is 0.620. The van der Waals surface area contributed by atoms with Crippen LogP contribution in [-0.2, 0) is 4.79 Å². The molecule has 0 saturated carbocycles. The van der Waals surface area contributed by atoms with E-state index < -0.39 is 0 Å². The predicted molar refractivity (Wildman–Crippen MR) is 56.8 cm³/mol. The Morgan fingerprint density at radius 1 is 1.43 bits per heavy atom. The summed E-state index contributed by atoms with van der Waals surface area (Å²) in [5, 5.41) is 8.81. The van der Waals surface area contributed by atoms with Crippen LogP contribution in [0.3, 0.4) is 0 Å². The average Bonchev–Trinajstić information content (AvgIpc) is 2.19. The Hall–Kier alpha value is -0.610. The Bertz CT molecular complexity index is 152. The van der Waals surface area contributed by atoms with Crippen LogP contribution in [0.25, 0.3) is 0 Å². The minimum absolute atomic E-state index is 0.0206. The topological polar surface area (TPSA) is 66.6 Å². The van der Waals surface area contributed by atoms with Crippen LogP contribution in [0.15, 0.2) is 0 Å². The molecule has 0 bridgehead atoms. The number of aliphatic hydroxyl groups is 1. The molecule has 0 rings (SSSR count). The molecular weight excluding hydrogens is 180 g/mol. The summed E-state index contributed by atoms with van der Waals surface area (Å²) in [5.74, 6) is -0.0148. The Labute approximate surface area is 86.1 Å². The fraction of sp³-hybridized carbons (Fsp3) is 0.900. The van der Waals surface area contributed by atoms with Crippen molar-refractivity contribution in [1.29, 1.82) is 0 Å². The standard InChI is InChI=1S/C10H22N2O2/c1-3-5-12(6-7-13)10(14)9(4-2)8-11/h9,13H,3-8,11H2,1-2H3. The third kappa shape index (κ3) is 4.07. The molecule has 0 aromatic carbocycles. The van der Waals surface area contributed by atoms with E-state index in [4.69, 9.17) is 10.8 Å². The lowest BCUT2D eigenvalue weighted by Crippen LogP contribution is -2.40. The SMILES string of the molecule is CCCN(CCO)C(=O)C(CC)CN. The highest BCUT2D eigenvalue weighted by Crippen LogP contribution is 2.06. The van der Waals surface area contributed by atoms with Crippen molar-refractivity contribution in [3.63, 3.8) is 0 Å². The number of amides is 1. The van der Waals surface area contributed by atoms with Gasteiger partial charge in [-0.2, -0.15) is 0 Å². The molecule has 0 aromatic rings. The van der Waals surface area contributed by atoms with Gasteiger partial charge in [-0.25, -0.2) is 0 Å². The molecule has 0 radical (unpaired) electrons. The molecule has 4 nitrogen and oxygen atoms in total. The van der Waals surface area contributed by atoms with Gasteiger partial charge in [0.25, 0.3) is 0 Å². The van der Waals surface area contributed by atoms with E-state index in [0.717, 1.165) is 12.8 Å². The zero-order valence-corrected chi connectivity index (χ0v) is 9.20. The fourth-order valence-corrected chi connectivity index (χ4v) is 1.42. The van der Waals surface area contributed by atoms with Crippen molar-refractivity contribution in [2.75, 3.05) is 26.2 Å². The largest absolute Gasteiger partial charge is 0.395 e. The second kappa shape index (κ2) is 7.76. The van der Waals surface area contributed by atoms with Gasteiger partial charge in [0.15, 0.2) is 0 Å². The van der Waals surface area contributed by atoms with Gasteiger partial charge in [-0.3, -0.25) is 4.79 Å². The maximum absolute atomic E-state index is 11.8. The van der Waals surface area contributed by atoms with Gasteiger partial charge in [0.2, 0.25) is 5.91 Å². The predicted octanol–water partition coefficient (Wildman–Crippen LogP) is 0.202. The molecule has 14 heavy (non-hydrogen) atoms. The fourth-order valence-electron chi connectivity index (χ4n) is 1.42. The minimum Gasteiger partial charge on any atom is -0.395 e. The van der Waals surface area contributed by atoms with E-state index in [9.17, 15) is 4.79 Å².